The molecule has 3 heteroatoms. The Hall–Kier alpha value is -2.00. The van der Waals surface area contributed by atoms with Crippen LogP contribution >= 0.6 is 11.8 Å². The fourth-order valence-electron chi connectivity index (χ4n) is 3.19. The predicted octanol–water partition coefficient (Wildman–Crippen LogP) is 4.49. The molecule has 0 spiro atoms. The van der Waals surface area contributed by atoms with Crippen LogP contribution in [0, 0.1) is 0 Å². The quantitative estimate of drug-likeness (QED) is 0.705. The van der Waals surface area contributed by atoms with Gasteiger partial charge in [0.1, 0.15) is 0 Å². The number of benzene rings is 2. The van der Waals surface area contributed by atoms with Gasteiger partial charge in [-0.1, -0.05) is 36.4 Å². The molecule has 0 radical (unpaired) electrons. The first kappa shape index (κ1) is 12.7. The summed E-state index contributed by atoms with van der Waals surface area (Å²) in [6.45, 7) is 0. The van der Waals surface area contributed by atoms with Gasteiger partial charge in [0, 0.05) is 16.4 Å². The van der Waals surface area contributed by atoms with Crippen molar-refractivity contribution in [2.75, 3.05) is 6.26 Å². The highest BCUT2D eigenvalue weighted by molar-refractivity contribution is 7.98. The molecule has 21 heavy (non-hydrogen) atoms. The second-order valence-corrected chi connectivity index (χ2v) is 6.27. The molecule has 0 amide bonds. The molecule has 4 rings (SSSR count). The normalized spacial score (nSPS) is 16.3. The van der Waals surface area contributed by atoms with E-state index in [1.807, 2.05) is 6.20 Å². The summed E-state index contributed by atoms with van der Waals surface area (Å²) >= 11 is 1.78. The maximum Gasteiger partial charge on any atom is 0.0685 e. The maximum atomic E-state index is 4.23. The topological polar surface area (TPSA) is 28.7 Å². The SMILES string of the molecule is CSc1ccc(C2Cc3cn[nH]c3-c3ccccc32)cc1. The molecule has 1 aliphatic carbocycles. The van der Waals surface area contributed by atoms with E-state index in [-0.39, 0.29) is 0 Å². The number of nitrogens with zero attached hydrogens (tertiary/aromatic N) is 1. The molecule has 1 heterocycles. The zero-order valence-corrected chi connectivity index (χ0v) is 12.7. The lowest BCUT2D eigenvalue weighted by Gasteiger charge is -2.25. The predicted molar refractivity (Wildman–Crippen MR) is 87.8 cm³/mol. The van der Waals surface area contributed by atoms with Gasteiger partial charge in [-0.2, -0.15) is 5.10 Å². The monoisotopic (exact) mass is 292 g/mol. The summed E-state index contributed by atoms with van der Waals surface area (Å²) in [5.41, 5.74) is 6.56. The van der Waals surface area contributed by atoms with Gasteiger partial charge in [-0.05, 0) is 41.5 Å². The minimum atomic E-state index is 0.419. The van der Waals surface area contributed by atoms with E-state index in [0.717, 1.165) is 6.42 Å². The third kappa shape index (κ3) is 2.09. The molecule has 3 aromatic rings. The van der Waals surface area contributed by atoms with E-state index in [1.54, 1.807) is 11.8 Å². The van der Waals surface area contributed by atoms with Crippen molar-refractivity contribution in [1.29, 1.82) is 0 Å². The third-order valence-corrected chi connectivity index (χ3v) is 5.01. The molecule has 0 bridgehead atoms. The van der Waals surface area contributed by atoms with Gasteiger partial charge < -0.3 is 0 Å². The minimum absolute atomic E-state index is 0.419. The third-order valence-electron chi connectivity index (χ3n) is 4.27. The summed E-state index contributed by atoms with van der Waals surface area (Å²) in [4.78, 5) is 1.31. The number of H-pyrrole nitrogens is 1. The van der Waals surface area contributed by atoms with Crippen molar-refractivity contribution >= 4 is 11.8 Å². The first-order valence-corrected chi connectivity index (χ1v) is 8.35. The highest BCUT2D eigenvalue weighted by Gasteiger charge is 2.26. The van der Waals surface area contributed by atoms with Gasteiger partial charge in [-0.3, -0.25) is 5.10 Å². The molecular formula is C18H16N2S. The highest BCUT2D eigenvalue weighted by atomic mass is 32.2. The van der Waals surface area contributed by atoms with Crippen LogP contribution in [0.1, 0.15) is 22.6 Å². The van der Waals surface area contributed by atoms with Crippen molar-refractivity contribution in [3.05, 3.63) is 71.4 Å². The lowest BCUT2D eigenvalue weighted by Crippen LogP contribution is -2.11. The molecule has 2 nitrogen and oxygen atoms in total. The van der Waals surface area contributed by atoms with Gasteiger partial charge in [0.25, 0.3) is 0 Å². The first-order valence-electron chi connectivity index (χ1n) is 7.12. The summed E-state index contributed by atoms with van der Waals surface area (Å²) in [6.07, 6.45) is 5.10. The van der Waals surface area contributed by atoms with Crippen LogP contribution in [-0.2, 0) is 6.42 Å². The van der Waals surface area contributed by atoms with Crippen LogP contribution in [0.4, 0.5) is 0 Å². The summed E-state index contributed by atoms with van der Waals surface area (Å²) in [5.74, 6) is 0.419. The number of fused-ring (bicyclic) bond motifs is 3. The van der Waals surface area contributed by atoms with Crippen molar-refractivity contribution in [3.63, 3.8) is 0 Å². The molecule has 2 aromatic carbocycles. The number of nitrogens with one attached hydrogen (secondary N) is 1. The van der Waals surface area contributed by atoms with Crippen molar-refractivity contribution in [3.8, 4) is 11.3 Å². The van der Waals surface area contributed by atoms with Crippen LogP contribution in [0.2, 0.25) is 0 Å². The molecule has 1 atom stereocenters. The number of aromatic amines is 1. The Kier molecular flexibility index (Phi) is 3.08. The molecule has 0 aliphatic heterocycles. The molecule has 1 unspecified atom stereocenters. The van der Waals surface area contributed by atoms with E-state index < -0.39 is 0 Å². The largest absolute Gasteiger partial charge is 0.278 e. The van der Waals surface area contributed by atoms with Crippen LogP contribution in [0.15, 0.2) is 59.6 Å². The van der Waals surface area contributed by atoms with Gasteiger partial charge in [0.15, 0.2) is 0 Å². The maximum absolute atomic E-state index is 4.23. The molecule has 104 valence electrons. The van der Waals surface area contributed by atoms with E-state index in [9.17, 15) is 0 Å². The van der Waals surface area contributed by atoms with Crippen LogP contribution in [0.3, 0.4) is 0 Å². The van der Waals surface area contributed by atoms with Crippen LogP contribution in [0.5, 0.6) is 0 Å². The lowest BCUT2D eigenvalue weighted by molar-refractivity contribution is 0.793. The van der Waals surface area contributed by atoms with Crippen LogP contribution in [-0.4, -0.2) is 16.5 Å². The Labute approximate surface area is 128 Å². The average molecular weight is 292 g/mol. The Bertz CT molecular complexity index is 774. The zero-order chi connectivity index (χ0) is 14.2. The number of hydrogen-bond donors (Lipinski definition) is 1. The van der Waals surface area contributed by atoms with Crippen molar-refractivity contribution in [2.24, 2.45) is 0 Å². The summed E-state index contributed by atoms with van der Waals surface area (Å²) in [6, 6.07) is 17.6. The molecule has 1 aromatic heterocycles. The van der Waals surface area contributed by atoms with E-state index >= 15 is 0 Å². The summed E-state index contributed by atoms with van der Waals surface area (Å²) in [7, 11) is 0. The molecule has 0 fully saturated rings. The molecule has 1 aliphatic rings. The first-order chi connectivity index (χ1) is 10.4. The van der Waals surface area contributed by atoms with Crippen molar-refractivity contribution in [1.82, 2.24) is 10.2 Å². The van der Waals surface area contributed by atoms with Crippen molar-refractivity contribution < 1.29 is 0 Å². The zero-order valence-electron chi connectivity index (χ0n) is 11.8. The number of rotatable bonds is 2. The fraction of sp³-hybridized carbons (Fsp3) is 0.167. The molecule has 0 saturated carbocycles. The van der Waals surface area contributed by atoms with E-state index in [4.69, 9.17) is 0 Å². The van der Waals surface area contributed by atoms with Gasteiger partial charge >= 0.3 is 0 Å². The molecular weight excluding hydrogens is 276 g/mol. The second-order valence-electron chi connectivity index (χ2n) is 5.39. The Balaban J connectivity index is 1.83. The number of thioether (sulfide) groups is 1. The van der Waals surface area contributed by atoms with Gasteiger partial charge in [-0.25, -0.2) is 0 Å². The highest BCUT2D eigenvalue weighted by Crippen LogP contribution is 2.41. The second kappa shape index (κ2) is 5.08. The van der Waals surface area contributed by atoms with E-state index in [0.29, 0.717) is 5.92 Å². The Morgan fingerprint density at radius 2 is 1.90 bits per heavy atom. The van der Waals surface area contributed by atoms with E-state index in [2.05, 4.69) is 65.0 Å². The standard InChI is InChI=1S/C18H16N2S/c1-21-14-8-6-12(7-9-14)17-10-13-11-19-20-18(13)16-5-3-2-4-15(16)17/h2-9,11,17H,10H2,1H3,(H,19,20). The van der Waals surface area contributed by atoms with Gasteiger partial charge in [0.05, 0.1) is 11.9 Å². The minimum Gasteiger partial charge on any atom is -0.278 e. The van der Waals surface area contributed by atoms with Crippen LogP contribution in [0.25, 0.3) is 11.3 Å². The van der Waals surface area contributed by atoms with Crippen molar-refractivity contribution in [2.45, 2.75) is 17.2 Å². The number of aromatic nitrogens is 2. The van der Waals surface area contributed by atoms with Gasteiger partial charge in [-0.15, -0.1) is 11.8 Å². The average Bonchev–Trinajstić information content (AvgIpc) is 3.03. The summed E-state index contributed by atoms with van der Waals surface area (Å²) in [5, 5.41) is 7.38. The van der Waals surface area contributed by atoms with Gasteiger partial charge in [0.2, 0.25) is 0 Å². The fourth-order valence-corrected chi connectivity index (χ4v) is 3.60. The van der Waals surface area contributed by atoms with E-state index in [1.165, 1.54) is 32.8 Å². The number of hydrogen-bond acceptors (Lipinski definition) is 2. The smallest absolute Gasteiger partial charge is 0.0685 e. The Morgan fingerprint density at radius 3 is 2.71 bits per heavy atom. The Morgan fingerprint density at radius 1 is 1.10 bits per heavy atom. The lowest BCUT2D eigenvalue weighted by atomic mass is 9.78. The molecule has 1 N–H and O–H groups in total. The molecule has 0 saturated heterocycles. The summed E-state index contributed by atoms with van der Waals surface area (Å²) < 4.78 is 0. The van der Waals surface area contributed by atoms with Crippen LogP contribution < -0.4 is 0 Å².